The summed E-state index contributed by atoms with van der Waals surface area (Å²) in [5, 5.41) is 14.3. The van der Waals surface area contributed by atoms with Gasteiger partial charge in [-0.15, -0.1) is 0 Å². The second kappa shape index (κ2) is 13.3. The Balaban J connectivity index is 1.37. The van der Waals surface area contributed by atoms with E-state index in [1.165, 1.54) is 5.56 Å². The Bertz CT molecular complexity index is 843. The molecule has 10 heteroatoms. The summed E-state index contributed by atoms with van der Waals surface area (Å²) in [6, 6.07) is 3.84. The minimum atomic E-state index is -2.50. The zero-order valence-electron chi connectivity index (χ0n) is 19.9. The highest BCUT2D eigenvalue weighted by atomic mass is 19.3. The van der Waals surface area contributed by atoms with E-state index in [2.05, 4.69) is 25.7 Å². The first-order valence-corrected chi connectivity index (χ1v) is 12.1. The summed E-state index contributed by atoms with van der Waals surface area (Å²) in [6.45, 7) is 2.29. The van der Waals surface area contributed by atoms with Crippen molar-refractivity contribution >= 4 is 17.8 Å². The number of alkyl halides is 2. The molecule has 1 aromatic rings. The van der Waals surface area contributed by atoms with Crippen LogP contribution in [0.15, 0.2) is 17.2 Å². The molecule has 1 aliphatic carbocycles. The van der Waals surface area contributed by atoms with E-state index in [0.29, 0.717) is 11.6 Å². The van der Waals surface area contributed by atoms with Gasteiger partial charge in [0.15, 0.2) is 6.61 Å². The van der Waals surface area contributed by atoms with Crippen molar-refractivity contribution in [3.05, 3.63) is 23.4 Å². The van der Waals surface area contributed by atoms with Crippen LogP contribution < -0.4 is 15.5 Å². The van der Waals surface area contributed by atoms with Gasteiger partial charge in [-0.1, -0.05) is 6.07 Å². The largest absolute Gasteiger partial charge is 0.472 e. The second-order valence-electron chi connectivity index (χ2n) is 9.02. The van der Waals surface area contributed by atoms with Crippen molar-refractivity contribution in [3.63, 3.8) is 0 Å². The molecule has 8 nitrogen and oxygen atoms in total. The summed E-state index contributed by atoms with van der Waals surface area (Å²) in [5.41, 5.74) is 5.16. The van der Waals surface area contributed by atoms with E-state index in [4.69, 9.17) is 10.1 Å². The van der Waals surface area contributed by atoms with Crippen LogP contribution in [0.25, 0.3) is 0 Å². The van der Waals surface area contributed by atoms with Crippen molar-refractivity contribution in [1.29, 1.82) is 5.41 Å². The average molecular weight is 479 g/mol. The summed E-state index contributed by atoms with van der Waals surface area (Å²) in [7, 11) is 1.65. The van der Waals surface area contributed by atoms with E-state index in [-0.39, 0.29) is 24.2 Å². The molecule has 0 unspecified atom stereocenters. The van der Waals surface area contributed by atoms with Crippen LogP contribution in [-0.2, 0) is 17.6 Å². The van der Waals surface area contributed by atoms with Gasteiger partial charge in [0.05, 0.1) is 12.1 Å². The van der Waals surface area contributed by atoms with Crippen LogP contribution in [0.3, 0.4) is 0 Å². The highest BCUT2D eigenvalue weighted by Crippen LogP contribution is 2.27. The first-order chi connectivity index (χ1) is 16.5. The summed E-state index contributed by atoms with van der Waals surface area (Å²) < 4.78 is 29.8. The predicted octanol–water partition coefficient (Wildman–Crippen LogP) is 2.81. The normalized spacial score (nSPS) is 21.5. The van der Waals surface area contributed by atoms with Crippen LogP contribution >= 0.6 is 0 Å². The van der Waals surface area contributed by atoms with E-state index in [1.54, 1.807) is 13.1 Å². The number of aromatic nitrogens is 1. The van der Waals surface area contributed by atoms with Crippen LogP contribution in [-0.4, -0.2) is 73.5 Å². The van der Waals surface area contributed by atoms with Crippen molar-refractivity contribution in [2.75, 3.05) is 33.3 Å². The fraction of sp³-hybridized carbons (Fsp3) is 0.667. The van der Waals surface area contributed by atoms with E-state index >= 15 is 0 Å². The maximum absolute atomic E-state index is 12.4. The molecular formula is C24H36F2N6O2. The van der Waals surface area contributed by atoms with Gasteiger partial charge in [0, 0.05) is 50.6 Å². The zero-order valence-corrected chi connectivity index (χ0v) is 19.9. The predicted molar refractivity (Wildman–Crippen MR) is 128 cm³/mol. The number of nitrogens with zero attached hydrogens (tertiary/aromatic N) is 3. The lowest BCUT2D eigenvalue weighted by Crippen LogP contribution is -2.39. The molecule has 2 aliphatic rings. The van der Waals surface area contributed by atoms with E-state index in [1.807, 2.05) is 6.07 Å². The standard InChI is InChI=1S/C24H36F2N6O2/c1-28-31-20(15-27)14-23(33)29-19-5-2-17(3-6-19)8-11-32-12-9-18-4-7-24(34-16-22(25)26)30-21(18)10-13-32/h4,7,15,17,19,22,27-28H,2-3,5-6,8-14,16H2,1H3,(H,29,33)/b27-15?,31-20-/t17-,19-. The van der Waals surface area contributed by atoms with Crippen molar-refractivity contribution in [2.24, 2.45) is 11.0 Å². The van der Waals surface area contributed by atoms with Crippen molar-refractivity contribution in [1.82, 2.24) is 20.6 Å². The van der Waals surface area contributed by atoms with Crippen LogP contribution in [0.1, 0.15) is 49.8 Å². The van der Waals surface area contributed by atoms with Gasteiger partial charge in [0.1, 0.15) is 0 Å². The summed E-state index contributed by atoms with van der Waals surface area (Å²) >= 11 is 0. The Hall–Kier alpha value is -2.62. The number of hydrazone groups is 1. The summed E-state index contributed by atoms with van der Waals surface area (Å²) in [5.74, 6) is 0.857. The molecule has 2 heterocycles. The Morgan fingerprint density at radius 3 is 2.76 bits per heavy atom. The van der Waals surface area contributed by atoms with Gasteiger partial charge >= 0.3 is 0 Å². The molecule has 0 spiro atoms. The molecule has 0 aromatic carbocycles. The molecule has 0 atom stereocenters. The number of pyridine rings is 1. The minimum absolute atomic E-state index is 0.0820. The number of hydrogen-bond donors (Lipinski definition) is 3. The Morgan fingerprint density at radius 1 is 1.29 bits per heavy atom. The number of ether oxygens (including phenoxy) is 1. The fourth-order valence-corrected chi connectivity index (χ4v) is 4.73. The molecule has 1 amide bonds. The maximum Gasteiger partial charge on any atom is 0.272 e. The molecule has 34 heavy (non-hydrogen) atoms. The summed E-state index contributed by atoms with van der Waals surface area (Å²) in [6.07, 6.45) is 5.74. The number of rotatable bonds is 11. The molecule has 188 valence electrons. The number of amides is 1. The molecule has 3 N–H and O–H groups in total. The molecule has 1 saturated carbocycles. The quantitative estimate of drug-likeness (QED) is 0.335. The fourth-order valence-electron chi connectivity index (χ4n) is 4.73. The lowest BCUT2D eigenvalue weighted by molar-refractivity contribution is -0.120. The molecule has 0 saturated heterocycles. The zero-order chi connectivity index (χ0) is 24.3. The van der Waals surface area contributed by atoms with Gasteiger partial charge in [-0.25, -0.2) is 13.8 Å². The van der Waals surface area contributed by atoms with Crippen molar-refractivity contribution in [2.45, 2.75) is 63.8 Å². The molecule has 1 aromatic heterocycles. The molecule has 3 rings (SSSR count). The lowest BCUT2D eigenvalue weighted by atomic mass is 9.84. The molecule has 0 bridgehead atoms. The average Bonchev–Trinajstić information content (AvgIpc) is 3.04. The number of nitrogens with one attached hydrogen (secondary N) is 3. The van der Waals surface area contributed by atoms with Crippen LogP contribution in [0.2, 0.25) is 0 Å². The number of carbonyl (C=O) groups is 1. The van der Waals surface area contributed by atoms with Gasteiger partial charge in [-0.05, 0) is 56.6 Å². The summed E-state index contributed by atoms with van der Waals surface area (Å²) in [4.78, 5) is 19.1. The Morgan fingerprint density at radius 2 is 2.06 bits per heavy atom. The SMILES string of the molecule is CN/N=C(\C=N)CC(=O)N[C@H]1CC[C@H](CCN2CCc3ccc(OCC(F)F)nc3CC2)CC1. The highest BCUT2D eigenvalue weighted by Gasteiger charge is 2.24. The monoisotopic (exact) mass is 478 g/mol. The second-order valence-corrected chi connectivity index (χ2v) is 9.02. The highest BCUT2D eigenvalue weighted by molar-refractivity contribution is 6.33. The molecule has 0 radical (unpaired) electrons. The smallest absolute Gasteiger partial charge is 0.272 e. The molecular weight excluding hydrogens is 442 g/mol. The van der Waals surface area contributed by atoms with Gasteiger partial charge in [-0.2, -0.15) is 5.10 Å². The first kappa shape index (κ1) is 26.0. The Labute approximate surface area is 200 Å². The number of halogens is 2. The third-order valence-electron chi connectivity index (χ3n) is 6.59. The van der Waals surface area contributed by atoms with Crippen LogP contribution in [0.4, 0.5) is 8.78 Å². The maximum atomic E-state index is 12.4. The van der Waals surface area contributed by atoms with Gasteiger partial charge in [0.2, 0.25) is 11.8 Å². The van der Waals surface area contributed by atoms with Crippen molar-refractivity contribution < 1.29 is 18.3 Å². The Kier molecular flexibility index (Phi) is 10.2. The number of carbonyl (C=O) groups excluding carboxylic acids is 1. The number of hydrogen-bond acceptors (Lipinski definition) is 7. The van der Waals surface area contributed by atoms with Crippen molar-refractivity contribution in [3.8, 4) is 5.88 Å². The minimum Gasteiger partial charge on any atom is -0.472 e. The third kappa shape index (κ3) is 8.30. The van der Waals surface area contributed by atoms with E-state index in [0.717, 1.165) is 76.5 Å². The topological polar surface area (TPSA) is 103 Å². The van der Waals surface area contributed by atoms with Crippen LogP contribution in [0, 0.1) is 11.3 Å². The molecule has 1 aliphatic heterocycles. The van der Waals surface area contributed by atoms with Gasteiger partial charge in [-0.3, -0.25) is 4.79 Å². The van der Waals surface area contributed by atoms with Crippen LogP contribution in [0.5, 0.6) is 5.88 Å². The molecule has 1 fully saturated rings. The van der Waals surface area contributed by atoms with E-state index < -0.39 is 13.0 Å². The third-order valence-corrected chi connectivity index (χ3v) is 6.59. The van der Waals surface area contributed by atoms with Gasteiger partial charge in [0.25, 0.3) is 6.43 Å². The number of fused-ring (bicyclic) bond motifs is 1. The van der Waals surface area contributed by atoms with Gasteiger partial charge < -0.3 is 25.8 Å². The van der Waals surface area contributed by atoms with E-state index in [9.17, 15) is 13.6 Å². The lowest BCUT2D eigenvalue weighted by Gasteiger charge is -2.30. The first-order valence-electron chi connectivity index (χ1n) is 12.1.